The normalized spacial score (nSPS) is 20.0. The van der Waals surface area contributed by atoms with E-state index in [1.54, 1.807) is 6.08 Å². The van der Waals surface area contributed by atoms with Crippen molar-refractivity contribution in [3.8, 4) is 0 Å². The van der Waals surface area contributed by atoms with E-state index in [0.717, 1.165) is 70.6 Å². The van der Waals surface area contributed by atoms with Gasteiger partial charge in [0.25, 0.3) is 0 Å². The number of hydrogen-bond acceptors (Lipinski definition) is 10. The lowest BCUT2D eigenvalue weighted by Crippen LogP contribution is -2.61. The van der Waals surface area contributed by atoms with E-state index < -0.39 is 67.4 Å². The maximum atomic E-state index is 13.3. The molecule has 1 rings (SSSR count). The predicted octanol–water partition coefficient (Wildman–Crippen LogP) is 12.7. The molecule has 0 spiro atoms. The van der Waals surface area contributed by atoms with Crippen LogP contribution in [0.3, 0.4) is 0 Å². The van der Waals surface area contributed by atoms with Gasteiger partial charge in [-0.3, -0.25) is 9.59 Å². The smallest absolute Gasteiger partial charge is 0.306 e. The van der Waals surface area contributed by atoms with Crippen molar-refractivity contribution in [1.29, 1.82) is 0 Å². The molecule has 11 heteroatoms. The Hall–Kier alpha value is -2.12. The highest BCUT2D eigenvalue weighted by atomic mass is 16.7. The molecular weight excluding hydrogens is 871 g/mol. The van der Waals surface area contributed by atoms with E-state index in [9.17, 15) is 35.1 Å². The van der Waals surface area contributed by atoms with Crippen molar-refractivity contribution >= 4 is 11.9 Å². The number of carbonyl (C=O) groups is 2. The summed E-state index contributed by atoms with van der Waals surface area (Å²) >= 11 is 0. The van der Waals surface area contributed by atoms with Gasteiger partial charge in [-0.15, -0.1) is 0 Å². The van der Waals surface area contributed by atoms with E-state index in [-0.39, 0.29) is 13.0 Å². The minimum atomic E-state index is -1.61. The highest BCUT2D eigenvalue weighted by molar-refractivity contribution is 5.80. The number of esters is 1. The number of allylic oxidation sites excluding steroid dienone is 5. The Bertz CT molecular complexity index is 1260. The Morgan fingerprint density at radius 2 is 1.00 bits per heavy atom. The molecule has 0 aliphatic carbocycles. The molecule has 0 aromatic rings. The highest BCUT2D eigenvalue weighted by Gasteiger charge is 2.47. The largest absolute Gasteiger partial charge is 0.454 e. The molecule has 0 saturated carbocycles. The van der Waals surface area contributed by atoms with Gasteiger partial charge in [0.05, 0.1) is 25.4 Å². The van der Waals surface area contributed by atoms with Gasteiger partial charge in [-0.05, 0) is 57.8 Å². The molecule has 6 N–H and O–H groups in total. The van der Waals surface area contributed by atoms with Crippen molar-refractivity contribution in [2.75, 3.05) is 13.2 Å². The van der Waals surface area contributed by atoms with E-state index in [4.69, 9.17) is 14.2 Å². The SMILES string of the molecule is CCCCC/C=C\C/C=C\CCCCCCCCCCCC(=O)OC1C(OCC(NC(=O)C(O)CCCCCCCCCCCC)C(O)/C=C/CCCCCCCCCCC)OC(CO)C(O)C1O. The summed E-state index contributed by atoms with van der Waals surface area (Å²) < 4.78 is 17.6. The fourth-order valence-corrected chi connectivity index (χ4v) is 8.92. The van der Waals surface area contributed by atoms with Crippen LogP contribution in [0.15, 0.2) is 36.5 Å². The van der Waals surface area contributed by atoms with Crippen LogP contribution in [-0.4, -0.2) is 99.6 Å². The van der Waals surface area contributed by atoms with E-state index in [0.29, 0.717) is 19.3 Å². The first-order valence-electron chi connectivity index (χ1n) is 28.8. The van der Waals surface area contributed by atoms with Gasteiger partial charge in [-0.2, -0.15) is 0 Å². The van der Waals surface area contributed by atoms with Crippen LogP contribution in [0.25, 0.3) is 0 Å². The van der Waals surface area contributed by atoms with Gasteiger partial charge >= 0.3 is 5.97 Å². The second kappa shape index (κ2) is 46.9. The van der Waals surface area contributed by atoms with Crippen molar-refractivity contribution in [2.24, 2.45) is 0 Å². The molecule has 0 aromatic heterocycles. The Balaban J connectivity index is 2.67. The molecule has 1 amide bonds. The number of carbonyl (C=O) groups excluding carboxylic acids is 2. The number of nitrogens with one attached hydrogen (secondary N) is 1. The summed E-state index contributed by atoms with van der Waals surface area (Å²) in [5.74, 6) is -1.19. The molecule has 404 valence electrons. The minimum Gasteiger partial charge on any atom is -0.454 e. The standard InChI is InChI=1S/C58H107NO10/c1-4-7-10-13-16-19-22-23-24-25-26-27-28-29-31-34-37-40-43-46-53(63)69-56-55(65)54(64)52(47-60)68-58(56)67-48-49(50(61)44-41-38-35-33-30-20-17-14-11-8-5-2)59-57(66)51(62)45-42-39-36-32-21-18-15-12-9-6-3/h16,19,23-24,41,44,49-52,54-56,58,60-62,64-65H,4-15,17-18,20-22,25-40,42-43,45-48H2,1-3H3,(H,59,66)/b19-16-,24-23-,44-41+. The maximum absolute atomic E-state index is 13.3. The van der Waals surface area contributed by atoms with Gasteiger partial charge < -0.3 is 45.1 Å². The van der Waals surface area contributed by atoms with Gasteiger partial charge in [-0.1, -0.05) is 231 Å². The molecule has 1 saturated heterocycles. The van der Waals surface area contributed by atoms with Gasteiger partial charge in [-0.25, -0.2) is 0 Å². The Kier molecular flexibility index (Phi) is 44.1. The summed E-state index contributed by atoms with van der Waals surface area (Å²) in [5.41, 5.74) is 0. The summed E-state index contributed by atoms with van der Waals surface area (Å²) in [5, 5.41) is 56.7. The lowest BCUT2D eigenvalue weighted by molar-refractivity contribution is -0.305. The molecule has 0 bridgehead atoms. The van der Waals surface area contributed by atoms with Gasteiger partial charge in [0, 0.05) is 6.42 Å². The second-order valence-electron chi connectivity index (χ2n) is 20.0. The molecule has 1 fully saturated rings. The van der Waals surface area contributed by atoms with Crippen LogP contribution in [0.1, 0.15) is 258 Å². The molecule has 8 atom stereocenters. The zero-order chi connectivity index (χ0) is 50.4. The summed E-state index contributed by atoms with van der Waals surface area (Å²) in [6.07, 6.45) is 43.4. The Labute approximate surface area is 422 Å². The molecule has 1 heterocycles. The third-order valence-corrected chi connectivity index (χ3v) is 13.5. The molecule has 0 radical (unpaired) electrons. The maximum Gasteiger partial charge on any atom is 0.306 e. The fraction of sp³-hybridized carbons (Fsp3) is 0.862. The number of hydrogen-bond donors (Lipinski definition) is 6. The molecule has 1 aliphatic heterocycles. The first-order valence-corrected chi connectivity index (χ1v) is 28.8. The molecule has 8 unspecified atom stereocenters. The average molecular weight is 978 g/mol. The van der Waals surface area contributed by atoms with Crippen LogP contribution < -0.4 is 5.32 Å². The lowest BCUT2D eigenvalue weighted by atomic mass is 9.99. The average Bonchev–Trinajstić information content (AvgIpc) is 3.34. The Morgan fingerprint density at radius 3 is 1.51 bits per heavy atom. The van der Waals surface area contributed by atoms with Crippen molar-refractivity contribution in [3.05, 3.63) is 36.5 Å². The summed E-state index contributed by atoms with van der Waals surface area (Å²) in [6, 6.07) is -1.02. The molecule has 69 heavy (non-hydrogen) atoms. The van der Waals surface area contributed by atoms with Crippen LogP contribution in [0.2, 0.25) is 0 Å². The van der Waals surface area contributed by atoms with Crippen molar-refractivity contribution < 1.29 is 49.3 Å². The predicted molar refractivity (Wildman–Crippen MR) is 283 cm³/mol. The van der Waals surface area contributed by atoms with Crippen LogP contribution in [0.4, 0.5) is 0 Å². The number of unbranched alkanes of at least 4 members (excludes halogenated alkanes) is 30. The minimum absolute atomic E-state index is 0.121. The van der Waals surface area contributed by atoms with Crippen LogP contribution in [0.5, 0.6) is 0 Å². The topological polar surface area (TPSA) is 175 Å². The molecular formula is C58H107NO10. The summed E-state index contributed by atoms with van der Waals surface area (Å²) in [4.78, 5) is 26.4. The third-order valence-electron chi connectivity index (χ3n) is 13.5. The number of aliphatic hydroxyl groups excluding tert-OH is 5. The van der Waals surface area contributed by atoms with Crippen molar-refractivity contribution in [2.45, 2.75) is 307 Å². The fourth-order valence-electron chi connectivity index (χ4n) is 8.92. The Morgan fingerprint density at radius 1 is 0.565 bits per heavy atom. The monoisotopic (exact) mass is 978 g/mol. The van der Waals surface area contributed by atoms with Crippen LogP contribution >= 0.6 is 0 Å². The van der Waals surface area contributed by atoms with Crippen LogP contribution in [0, 0.1) is 0 Å². The summed E-state index contributed by atoms with van der Waals surface area (Å²) in [6.45, 7) is 5.73. The van der Waals surface area contributed by atoms with E-state index >= 15 is 0 Å². The van der Waals surface area contributed by atoms with Crippen LogP contribution in [-0.2, 0) is 23.8 Å². The zero-order valence-electron chi connectivity index (χ0n) is 44.4. The lowest BCUT2D eigenvalue weighted by Gasteiger charge is -2.41. The number of aliphatic hydroxyl groups is 5. The summed E-state index contributed by atoms with van der Waals surface area (Å²) in [7, 11) is 0. The third kappa shape index (κ3) is 35.6. The van der Waals surface area contributed by atoms with E-state index in [1.807, 2.05) is 6.08 Å². The zero-order valence-corrected chi connectivity index (χ0v) is 44.4. The van der Waals surface area contributed by atoms with Gasteiger partial charge in [0.15, 0.2) is 12.4 Å². The first kappa shape index (κ1) is 64.9. The molecule has 1 aliphatic rings. The van der Waals surface area contributed by atoms with Crippen molar-refractivity contribution in [3.63, 3.8) is 0 Å². The van der Waals surface area contributed by atoms with Crippen molar-refractivity contribution in [1.82, 2.24) is 5.32 Å². The first-order chi connectivity index (χ1) is 33.7. The van der Waals surface area contributed by atoms with E-state index in [1.165, 1.54) is 141 Å². The number of rotatable bonds is 48. The number of ether oxygens (including phenoxy) is 3. The molecule has 0 aromatic carbocycles. The molecule has 11 nitrogen and oxygen atoms in total. The second-order valence-corrected chi connectivity index (χ2v) is 20.0. The van der Waals surface area contributed by atoms with Gasteiger partial charge in [0.2, 0.25) is 5.91 Å². The highest BCUT2D eigenvalue weighted by Crippen LogP contribution is 2.26. The van der Waals surface area contributed by atoms with Gasteiger partial charge in [0.1, 0.15) is 24.4 Å². The quantitative estimate of drug-likeness (QED) is 0.0196. The van der Waals surface area contributed by atoms with E-state index in [2.05, 4.69) is 50.4 Å². The number of amides is 1.